The zero-order valence-electron chi connectivity index (χ0n) is 27.3. The highest BCUT2D eigenvalue weighted by Gasteiger charge is 2.21. The lowest BCUT2D eigenvalue weighted by molar-refractivity contribution is 0.167. The first-order valence-corrected chi connectivity index (χ1v) is 19.5. The highest BCUT2D eigenvalue weighted by atomic mass is 32.2. The Morgan fingerprint density at radius 2 is 1.56 bits per heavy atom. The molecule has 262 valence electrons. The number of aromatic hydroxyl groups is 1. The molecule has 3 aromatic carbocycles. The molecule has 0 bridgehead atoms. The van der Waals surface area contributed by atoms with E-state index in [1.165, 1.54) is 24.3 Å². The van der Waals surface area contributed by atoms with Crippen molar-refractivity contribution in [1.29, 1.82) is 0 Å². The Balaban J connectivity index is 1.22. The zero-order chi connectivity index (χ0) is 34.7. The van der Waals surface area contributed by atoms with Crippen LogP contribution < -0.4 is 30.3 Å². The van der Waals surface area contributed by atoms with Crippen molar-refractivity contribution in [3.8, 4) is 5.75 Å². The number of piperidine rings is 1. The summed E-state index contributed by atoms with van der Waals surface area (Å²) in [5, 5.41) is 29.5. The number of hydrogen-bond acceptors (Lipinski definition) is 9. The summed E-state index contributed by atoms with van der Waals surface area (Å²) in [6, 6.07) is 17.3. The molecule has 1 fully saturated rings. The summed E-state index contributed by atoms with van der Waals surface area (Å²) in [5.41, 5.74) is 2.37. The van der Waals surface area contributed by atoms with E-state index in [2.05, 4.69) is 37.2 Å². The molecule has 7 N–H and O–H groups in total. The van der Waals surface area contributed by atoms with Gasteiger partial charge in [-0.1, -0.05) is 32.3 Å². The summed E-state index contributed by atoms with van der Waals surface area (Å²) in [5.74, 6) is -0.225. The number of sulfonamides is 2. The van der Waals surface area contributed by atoms with Crippen LogP contribution in [-0.2, 0) is 20.0 Å². The molecule has 48 heavy (non-hydrogen) atoms. The molecule has 1 heterocycles. The minimum Gasteiger partial charge on any atom is -0.506 e. The maximum absolute atomic E-state index is 13.0. The number of carbonyl (C=O) groups excluding carboxylic acids is 1. The Hall–Kier alpha value is -4.05. The Bertz CT molecular complexity index is 1710. The molecule has 1 atom stereocenters. The standard InChI is InChI=1S/C33H46N6O7S2/c1-3-4-5-6-19-34-33(42)36-26-10-14-29(15-11-26)48(45,46)37-27-8-12-28(13-9-27)39-20-17-25(18-21-39)35-23-32(41)24-7-16-31(40)30(22-24)38-47(2,43)44/h7-16,22,25,32,35,37-38,40-41H,3-6,17-21,23H2,1-2H3,(H2,34,36,42)/t32-/m1/s1. The van der Waals surface area contributed by atoms with Crippen molar-refractivity contribution in [1.82, 2.24) is 10.6 Å². The number of phenols is 1. The number of rotatable bonds is 16. The van der Waals surface area contributed by atoms with E-state index in [1.807, 2.05) is 12.1 Å². The van der Waals surface area contributed by atoms with Crippen LogP contribution in [0.3, 0.4) is 0 Å². The SMILES string of the molecule is CCCCCCNC(=O)Nc1ccc(S(=O)(=O)Nc2ccc(N3CCC(NC[C@@H](O)c4ccc(O)c(NS(C)(=O)=O)c4)CC3)cc2)cc1. The molecule has 2 amide bonds. The van der Waals surface area contributed by atoms with Crippen molar-refractivity contribution in [3.63, 3.8) is 0 Å². The maximum atomic E-state index is 13.0. The molecule has 0 unspecified atom stereocenters. The quantitative estimate of drug-likeness (QED) is 0.0829. The molecule has 1 aliphatic heterocycles. The Morgan fingerprint density at radius 1 is 0.896 bits per heavy atom. The van der Waals surface area contributed by atoms with Gasteiger partial charge in [-0.25, -0.2) is 21.6 Å². The number of aliphatic hydroxyl groups excluding tert-OH is 1. The van der Waals surface area contributed by atoms with Crippen LogP contribution >= 0.6 is 0 Å². The van der Waals surface area contributed by atoms with Crippen LogP contribution in [0.1, 0.15) is 57.1 Å². The first-order valence-electron chi connectivity index (χ1n) is 16.1. The lowest BCUT2D eigenvalue weighted by Gasteiger charge is -2.34. The van der Waals surface area contributed by atoms with Crippen LogP contribution in [0.25, 0.3) is 0 Å². The number of carbonyl (C=O) groups is 1. The number of urea groups is 1. The normalized spacial score (nSPS) is 14.7. The second-order valence-electron chi connectivity index (χ2n) is 12.0. The van der Waals surface area contributed by atoms with E-state index in [1.54, 1.807) is 30.3 Å². The minimum absolute atomic E-state index is 0.0124. The number of unbranched alkanes of at least 4 members (excludes halogenated alkanes) is 3. The second kappa shape index (κ2) is 16.9. The number of nitrogens with one attached hydrogen (secondary N) is 5. The van der Waals surface area contributed by atoms with Crippen molar-refractivity contribution in [3.05, 3.63) is 72.3 Å². The van der Waals surface area contributed by atoms with Crippen molar-refractivity contribution in [2.24, 2.45) is 0 Å². The molecular formula is C33H46N6O7S2. The first kappa shape index (κ1) is 36.8. The lowest BCUT2D eigenvalue weighted by atomic mass is 10.0. The Kier molecular flexibility index (Phi) is 12.9. The summed E-state index contributed by atoms with van der Waals surface area (Å²) < 4.78 is 53.9. The van der Waals surface area contributed by atoms with E-state index in [-0.39, 0.29) is 35.0 Å². The number of hydrogen-bond donors (Lipinski definition) is 7. The smallest absolute Gasteiger partial charge is 0.319 e. The average molecular weight is 703 g/mol. The molecule has 13 nitrogen and oxygen atoms in total. The van der Waals surface area contributed by atoms with Gasteiger partial charge in [0.05, 0.1) is 22.9 Å². The highest BCUT2D eigenvalue weighted by molar-refractivity contribution is 7.92. The second-order valence-corrected chi connectivity index (χ2v) is 15.4. The molecule has 4 rings (SSSR count). The van der Waals surface area contributed by atoms with Gasteiger partial charge in [0.25, 0.3) is 10.0 Å². The summed E-state index contributed by atoms with van der Waals surface area (Å²) in [7, 11) is -7.42. The molecule has 15 heteroatoms. The molecule has 0 aromatic heterocycles. The number of phenolic OH excluding ortho intramolecular Hbond substituents is 1. The number of amides is 2. The van der Waals surface area contributed by atoms with Gasteiger partial charge in [0.1, 0.15) is 5.75 Å². The number of benzene rings is 3. The molecule has 3 aromatic rings. The van der Waals surface area contributed by atoms with E-state index in [4.69, 9.17) is 0 Å². The van der Waals surface area contributed by atoms with E-state index >= 15 is 0 Å². The fourth-order valence-corrected chi connectivity index (χ4v) is 7.00. The minimum atomic E-state index is -3.84. The largest absolute Gasteiger partial charge is 0.506 e. The summed E-state index contributed by atoms with van der Waals surface area (Å²) in [6.07, 6.45) is 5.97. The molecular weight excluding hydrogens is 657 g/mol. The van der Waals surface area contributed by atoms with Gasteiger partial charge in [0, 0.05) is 49.3 Å². The van der Waals surface area contributed by atoms with Crippen molar-refractivity contribution in [2.75, 3.05) is 52.1 Å². The molecule has 0 spiro atoms. The van der Waals surface area contributed by atoms with Gasteiger partial charge in [-0.2, -0.15) is 0 Å². The van der Waals surface area contributed by atoms with Gasteiger partial charge in [0.2, 0.25) is 10.0 Å². The molecule has 0 radical (unpaired) electrons. The Labute approximate surface area is 283 Å². The first-order chi connectivity index (χ1) is 22.8. The number of aliphatic hydroxyl groups is 1. The van der Waals surface area contributed by atoms with Crippen LogP contribution in [0.5, 0.6) is 5.75 Å². The fourth-order valence-electron chi connectivity index (χ4n) is 5.38. The highest BCUT2D eigenvalue weighted by Crippen LogP contribution is 2.28. The third kappa shape index (κ3) is 11.3. The van der Waals surface area contributed by atoms with E-state index in [0.717, 1.165) is 63.6 Å². The third-order valence-electron chi connectivity index (χ3n) is 8.02. The monoisotopic (exact) mass is 702 g/mol. The fraction of sp³-hybridized carbons (Fsp3) is 0.424. The van der Waals surface area contributed by atoms with Gasteiger partial charge in [-0.05, 0) is 85.5 Å². The van der Waals surface area contributed by atoms with Gasteiger partial charge in [0.15, 0.2) is 0 Å². The Morgan fingerprint density at radius 3 is 2.21 bits per heavy atom. The lowest BCUT2D eigenvalue weighted by Crippen LogP contribution is -2.43. The van der Waals surface area contributed by atoms with Crippen molar-refractivity contribution >= 4 is 48.8 Å². The van der Waals surface area contributed by atoms with Crippen LogP contribution in [0.4, 0.5) is 27.5 Å². The summed E-state index contributed by atoms with van der Waals surface area (Å²) >= 11 is 0. The zero-order valence-corrected chi connectivity index (χ0v) is 28.9. The molecule has 1 aliphatic rings. The van der Waals surface area contributed by atoms with E-state index in [9.17, 15) is 31.8 Å². The summed E-state index contributed by atoms with van der Waals surface area (Å²) in [6.45, 7) is 4.50. The van der Waals surface area contributed by atoms with Crippen LogP contribution in [-0.4, -0.2) is 71.6 Å². The van der Waals surface area contributed by atoms with Crippen LogP contribution in [0, 0.1) is 0 Å². The average Bonchev–Trinajstić information content (AvgIpc) is 3.04. The predicted octanol–water partition coefficient (Wildman–Crippen LogP) is 4.56. The molecule has 0 saturated carbocycles. The predicted molar refractivity (Wildman–Crippen MR) is 190 cm³/mol. The topological polar surface area (TPSA) is 189 Å². The number of nitrogens with zero attached hydrogens (tertiary/aromatic N) is 1. The van der Waals surface area contributed by atoms with Gasteiger partial charge >= 0.3 is 6.03 Å². The van der Waals surface area contributed by atoms with Gasteiger partial charge < -0.3 is 31.1 Å². The van der Waals surface area contributed by atoms with Crippen molar-refractivity contribution in [2.45, 2.75) is 62.5 Å². The van der Waals surface area contributed by atoms with E-state index in [0.29, 0.717) is 23.5 Å². The maximum Gasteiger partial charge on any atom is 0.319 e. The number of anilines is 4. The van der Waals surface area contributed by atoms with Crippen LogP contribution in [0.2, 0.25) is 0 Å². The van der Waals surface area contributed by atoms with Gasteiger partial charge in [-0.3, -0.25) is 9.44 Å². The summed E-state index contributed by atoms with van der Waals surface area (Å²) in [4.78, 5) is 14.4. The van der Waals surface area contributed by atoms with Crippen molar-refractivity contribution < 1.29 is 31.8 Å². The molecule has 0 aliphatic carbocycles. The van der Waals surface area contributed by atoms with E-state index < -0.39 is 26.2 Å². The third-order valence-corrected chi connectivity index (χ3v) is 10.0. The molecule has 1 saturated heterocycles. The van der Waals surface area contributed by atoms with Crippen LogP contribution in [0.15, 0.2) is 71.6 Å². The van der Waals surface area contributed by atoms with Gasteiger partial charge in [-0.15, -0.1) is 0 Å².